The normalized spacial score (nSPS) is 17.5. The van der Waals surface area contributed by atoms with E-state index in [0.717, 1.165) is 30.8 Å². The second-order valence-corrected chi connectivity index (χ2v) is 6.96. The summed E-state index contributed by atoms with van der Waals surface area (Å²) in [4.78, 5) is 34.0. The van der Waals surface area contributed by atoms with Crippen molar-refractivity contribution in [3.8, 4) is 0 Å². The summed E-state index contributed by atoms with van der Waals surface area (Å²) in [5.41, 5.74) is 2.35. The number of aromatic nitrogens is 2. The number of carbonyl (C=O) groups is 2. The van der Waals surface area contributed by atoms with Crippen LogP contribution >= 0.6 is 0 Å². The first-order valence-electron chi connectivity index (χ1n) is 9.44. The van der Waals surface area contributed by atoms with Gasteiger partial charge in [-0.1, -0.05) is 29.8 Å². The van der Waals surface area contributed by atoms with Gasteiger partial charge < -0.3 is 15.6 Å². The molecule has 27 heavy (non-hydrogen) atoms. The minimum atomic E-state index is -0.427. The molecule has 2 heterocycles. The maximum absolute atomic E-state index is 12.3. The molecular formula is C20H27N5O2. The van der Waals surface area contributed by atoms with Crippen LogP contribution in [0.15, 0.2) is 36.7 Å². The highest BCUT2D eigenvalue weighted by Crippen LogP contribution is 2.15. The monoisotopic (exact) mass is 369 g/mol. The molecule has 3 rings (SSSR count). The summed E-state index contributed by atoms with van der Waals surface area (Å²) in [5.74, 6) is 0.755. The van der Waals surface area contributed by atoms with E-state index in [2.05, 4.69) is 50.6 Å². The number of aromatic amines is 1. The molecule has 2 aromatic rings. The fraction of sp³-hybridized carbons (Fsp3) is 0.450. The predicted octanol–water partition coefficient (Wildman–Crippen LogP) is 1.16. The number of nitrogens with one attached hydrogen (secondary N) is 3. The quantitative estimate of drug-likeness (QED) is 0.609. The first kappa shape index (κ1) is 19.1. The van der Waals surface area contributed by atoms with Crippen LogP contribution in [0.25, 0.3) is 0 Å². The number of amides is 2. The van der Waals surface area contributed by atoms with Crippen LogP contribution in [0.5, 0.6) is 0 Å². The number of carbonyl (C=O) groups excluding carboxylic acids is 2. The Bertz CT molecular complexity index is 759. The summed E-state index contributed by atoms with van der Waals surface area (Å²) in [6.07, 6.45) is 5.29. The second-order valence-electron chi connectivity index (χ2n) is 6.96. The van der Waals surface area contributed by atoms with Gasteiger partial charge in [0, 0.05) is 45.0 Å². The van der Waals surface area contributed by atoms with E-state index in [4.69, 9.17) is 0 Å². The van der Waals surface area contributed by atoms with E-state index < -0.39 is 6.04 Å². The molecule has 0 radical (unpaired) electrons. The lowest BCUT2D eigenvalue weighted by molar-refractivity contribution is -0.134. The average molecular weight is 369 g/mol. The van der Waals surface area contributed by atoms with E-state index in [1.54, 1.807) is 12.4 Å². The molecule has 7 heteroatoms. The number of imidazole rings is 1. The van der Waals surface area contributed by atoms with Gasteiger partial charge >= 0.3 is 0 Å². The highest BCUT2D eigenvalue weighted by atomic mass is 16.2. The molecule has 0 aliphatic carbocycles. The number of aryl methyl sites for hydroxylation is 2. The van der Waals surface area contributed by atoms with Crippen molar-refractivity contribution in [2.45, 2.75) is 38.8 Å². The molecule has 1 unspecified atom stereocenters. The standard InChI is InChI=1S/C20H27N5O2/c1-15-4-2-5-16(12-15)14-25-11-10-24-20(27)17(25)13-19(26)23-7-3-6-18-21-8-9-22-18/h2,4-5,8-9,12,17H,3,6-7,10-11,13-14H2,1H3,(H,21,22)(H,23,26)(H,24,27). The molecule has 1 aliphatic heterocycles. The van der Waals surface area contributed by atoms with Crippen LogP contribution < -0.4 is 10.6 Å². The van der Waals surface area contributed by atoms with E-state index >= 15 is 0 Å². The van der Waals surface area contributed by atoms with Gasteiger partial charge in [0.25, 0.3) is 0 Å². The van der Waals surface area contributed by atoms with Gasteiger partial charge in [0.2, 0.25) is 11.8 Å². The van der Waals surface area contributed by atoms with Gasteiger partial charge in [-0.15, -0.1) is 0 Å². The minimum absolute atomic E-state index is 0.0698. The average Bonchev–Trinajstić information content (AvgIpc) is 3.15. The van der Waals surface area contributed by atoms with E-state index in [9.17, 15) is 9.59 Å². The summed E-state index contributed by atoms with van der Waals surface area (Å²) in [6, 6.07) is 7.84. The van der Waals surface area contributed by atoms with Crippen LogP contribution in [0.4, 0.5) is 0 Å². The van der Waals surface area contributed by atoms with Crippen LogP contribution in [-0.4, -0.2) is 52.4 Å². The zero-order valence-corrected chi connectivity index (χ0v) is 15.7. The van der Waals surface area contributed by atoms with Crippen molar-refractivity contribution in [3.05, 3.63) is 53.6 Å². The van der Waals surface area contributed by atoms with E-state index in [1.165, 1.54) is 5.56 Å². The Hall–Kier alpha value is -2.67. The maximum atomic E-state index is 12.3. The van der Waals surface area contributed by atoms with E-state index in [1.807, 2.05) is 6.07 Å². The molecule has 0 bridgehead atoms. The molecule has 2 amide bonds. The third kappa shape index (κ3) is 5.65. The summed E-state index contributed by atoms with van der Waals surface area (Å²) in [5, 5.41) is 5.80. The fourth-order valence-electron chi connectivity index (χ4n) is 3.38. The van der Waals surface area contributed by atoms with E-state index in [-0.39, 0.29) is 18.2 Å². The third-order valence-corrected chi connectivity index (χ3v) is 4.76. The first-order valence-corrected chi connectivity index (χ1v) is 9.44. The molecule has 144 valence electrons. The van der Waals surface area contributed by atoms with Gasteiger partial charge in [-0.05, 0) is 18.9 Å². The molecule has 1 aliphatic rings. The summed E-state index contributed by atoms with van der Waals surface area (Å²) in [7, 11) is 0. The van der Waals surface area contributed by atoms with Crippen molar-refractivity contribution in [2.75, 3.05) is 19.6 Å². The van der Waals surface area contributed by atoms with Crippen LogP contribution in [-0.2, 0) is 22.6 Å². The smallest absolute Gasteiger partial charge is 0.237 e. The second kappa shape index (κ2) is 9.32. The molecule has 1 aromatic heterocycles. The molecule has 1 fully saturated rings. The molecule has 1 aromatic carbocycles. The van der Waals surface area contributed by atoms with Crippen molar-refractivity contribution < 1.29 is 9.59 Å². The zero-order chi connectivity index (χ0) is 19.1. The highest BCUT2D eigenvalue weighted by molar-refractivity contribution is 5.88. The number of nitrogens with zero attached hydrogens (tertiary/aromatic N) is 2. The van der Waals surface area contributed by atoms with Crippen molar-refractivity contribution in [1.82, 2.24) is 25.5 Å². The third-order valence-electron chi connectivity index (χ3n) is 4.76. The molecule has 3 N–H and O–H groups in total. The molecule has 0 saturated carbocycles. The number of hydrogen-bond acceptors (Lipinski definition) is 4. The van der Waals surface area contributed by atoms with Crippen LogP contribution in [0, 0.1) is 6.92 Å². The van der Waals surface area contributed by atoms with Crippen molar-refractivity contribution in [3.63, 3.8) is 0 Å². The number of piperazine rings is 1. The van der Waals surface area contributed by atoms with Gasteiger partial charge in [-0.3, -0.25) is 14.5 Å². The topological polar surface area (TPSA) is 90.1 Å². The number of hydrogen-bond donors (Lipinski definition) is 3. The maximum Gasteiger partial charge on any atom is 0.237 e. The molecule has 1 atom stereocenters. The molecule has 7 nitrogen and oxygen atoms in total. The lowest BCUT2D eigenvalue weighted by Crippen LogP contribution is -2.56. The molecule has 1 saturated heterocycles. The van der Waals surface area contributed by atoms with Gasteiger partial charge in [-0.25, -0.2) is 4.98 Å². The fourth-order valence-corrected chi connectivity index (χ4v) is 3.38. The van der Waals surface area contributed by atoms with Crippen LogP contribution in [0.3, 0.4) is 0 Å². The molecular weight excluding hydrogens is 342 g/mol. The number of rotatable bonds is 8. The minimum Gasteiger partial charge on any atom is -0.356 e. The van der Waals surface area contributed by atoms with Crippen molar-refractivity contribution >= 4 is 11.8 Å². The van der Waals surface area contributed by atoms with E-state index in [0.29, 0.717) is 19.6 Å². The van der Waals surface area contributed by atoms with Crippen molar-refractivity contribution in [1.29, 1.82) is 0 Å². The van der Waals surface area contributed by atoms with Gasteiger partial charge in [0.1, 0.15) is 5.82 Å². The summed E-state index contributed by atoms with van der Waals surface area (Å²) >= 11 is 0. The zero-order valence-electron chi connectivity index (χ0n) is 15.7. The van der Waals surface area contributed by atoms with Crippen LogP contribution in [0.1, 0.15) is 29.8 Å². The lowest BCUT2D eigenvalue weighted by Gasteiger charge is -2.34. The Morgan fingerprint density at radius 2 is 2.30 bits per heavy atom. The molecule has 0 spiro atoms. The Morgan fingerprint density at radius 3 is 3.07 bits per heavy atom. The number of H-pyrrole nitrogens is 1. The van der Waals surface area contributed by atoms with Gasteiger partial charge in [0.15, 0.2) is 0 Å². The Balaban J connectivity index is 1.50. The Morgan fingerprint density at radius 1 is 1.41 bits per heavy atom. The first-order chi connectivity index (χ1) is 13.1. The Kier molecular flexibility index (Phi) is 6.59. The van der Waals surface area contributed by atoms with Crippen LogP contribution in [0.2, 0.25) is 0 Å². The highest BCUT2D eigenvalue weighted by Gasteiger charge is 2.31. The number of benzene rings is 1. The lowest BCUT2D eigenvalue weighted by atomic mass is 10.1. The summed E-state index contributed by atoms with van der Waals surface area (Å²) < 4.78 is 0. The van der Waals surface area contributed by atoms with Crippen molar-refractivity contribution in [2.24, 2.45) is 0 Å². The largest absolute Gasteiger partial charge is 0.356 e. The Labute approximate surface area is 159 Å². The van der Waals surface area contributed by atoms with Gasteiger partial charge in [0.05, 0.1) is 12.5 Å². The van der Waals surface area contributed by atoms with Gasteiger partial charge in [-0.2, -0.15) is 0 Å². The SMILES string of the molecule is Cc1cccc(CN2CCNC(=O)C2CC(=O)NCCCc2ncc[nH]2)c1. The predicted molar refractivity (Wildman–Crippen MR) is 103 cm³/mol. The summed E-state index contributed by atoms with van der Waals surface area (Å²) in [6.45, 7) is 4.67.